The molecule has 1 aliphatic heterocycles. The van der Waals surface area contributed by atoms with Gasteiger partial charge in [0.25, 0.3) is 0 Å². The molecular weight excluding hydrogens is 216 g/mol. The van der Waals surface area contributed by atoms with Crippen LogP contribution < -0.4 is 10.2 Å². The number of fused-ring (bicyclic) bond motifs is 1. The number of anilines is 1. The molecule has 1 fully saturated rings. The molecule has 0 aromatic carbocycles. The van der Waals surface area contributed by atoms with Gasteiger partial charge in [-0.1, -0.05) is 0 Å². The highest BCUT2D eigenvalue weighted by molar-refractivity contribution is 5.64. The van der Waals surface area contributed by atoms with Crippen LogP contribution in [0, 0.1) is 6.92 Å². The van der Waals surface area contributed by atoms with Crippen molar-refractivity contribution in [3.05, 3.63) is 18.2 Å². The Kier molecular flexibility index (Phi) is 2.44. The molecule has 3 heterocycles. The number of nitrogens with one attached hydrogen (secondary N) is 1. The molecule has 1 aliphatic rings. The average Bonchev–Trinajstić information content (AvgIpc) is 2.72. The average molecular weight is 232 g/mol. The number of hydrogen-bond donors (Lipinski definition) is 1. The fourth-order valence-electron chi connectivity index (χ4n) is 2.29. The third kappa shape index (κ3) is 1.64. The van der Waals surface area contributed by atoms with Crippen molar-refractivity contribution in [1.82, 2.24) is 24.9 Å². The highest BCUT2D eigenvalue weighted by atomic mass is 15.3. The van der Waals surface area contributed by atoms with E-state index in [0.29, 0.717) is 6.04 Å². The van der Waals surface area contributed by atoms with E-state index in [1.54, 1.807) is 0 Å². The first kappa shape index (κ1) is 10.5. The molecule has 2 aromatic heterocycles. The number of aryl methyl sites for hydroxylation is 1. The molecule has 6 heteroatoms. The van der Waals surface area contributed by atoms with E-state index in [2.05, 4.69) is 32.3 Å². The minimum atomic E-state index is 0.430. The van der Waals surface area contributed by atoms with E-state index < -0.39 is 0 Å². The van der Waals surface area contributed by atoms with Gasteiger partial charge in [-0.05, 0) is 13.8 Å². The summed E-state index contributed by atoms with van der Waals surface area (Å²) in [4.78, 5) is 6.76. The molecule has 1 saturated heterocycles. The zero-order valence-corrected chi connectivity index (χ0v) is 10.1. The second-order valence-corrected chi connectivity index (χ2v) is 4.44. The van der Waals surface area contributed by atoms with Crippen molar-refractivity contribution in [3.8, 4) is 0 Å². The minimum Gasteiger partial charge on any atom is -0.348 e. The van der Waals surface area contributed by atoms with Crippen molar-refractivity contribution in [3.63, 3.8) is 0 Å². The summed E-state index contributed by atoms with van der Waals surface area (Å²) in [6.45, 7) is 7.07. The molecular formula is C11H16N6. The smallest absolute Gasteiger partial charge is 0.203 e. The SMILES string of the molecule is Cc1nnc2c(N3CCNCC3C)nccn12. The van der Waals surface area contributed by atoms with Gasteiger partial charge in [0, 0.05) is 38.1 Å². The second kappa shape index (κ2) is 3.96. The third-order valence-corrected chi connectivity index (χ3v) is 3.25. The minimum absolute atomic E-state index is 0.430. The lowest BCUT2D eigenvalue weighted by Crippen LogP contribution is -2.50. The van der Waals surface area contributed by atoms with E-state index in [0.717, 1.165) is 36.9 Å². The molecule has 1 atom stereocenters. The predicted molar refractivity (Wildman–Crippen MR) is 65.2 cm³/mol. The Bertz CT molecular complexity index is 534. The molecule has 0 amide bonds. The zero-order valence-electron chi connectivity index (χ0n) is 10.1. The Morgan fingerprint density at radius 3 is 3.12 bits per heavy atom. The topological polar surface area (TPSA) is 58.4 Å². The summed E-state index contributed by atoms with van der Waals surface area (Å²) in [7, 11) is 0. The van der Waals surface area contributed by atoms with Gasteiger partial charge in [-0.15, -0.1) is 10.2 Å². The van der Waals surface area contributed by atoms with E-state index in [9.17, 15) is 0 Å². The Morgan fingerprint density at radius 2 is 2.29 bits per heavy atom. The fraction of sp³-hybridized carbons (Fsp3) is 0.545. The first-order chi connectivity index (χ1) is 8.27. The van der Waals surface area contributed by atoms with Gasteiger partial charge in [-0.3, -0.25) is 4.40 Å². The van der Waals surface area contributed by atoms with Crippen LogP contribution in [0.3, 0.4) is 0 Å². The van der Waals surface area contributed by atoms with Crippen LogP contribution in [0.1, 0.15) is 12.7 Å². The van der Waals surface area contributed by atoms with Crippen molar-refractivity contribution in [2.75, 3.05) is 24.5 Å². The first-order valence-electron chi connectivity index (χ1n) is 5.91. The number of rotatable bonds is 1. The van der Waals surface area contributed by atoms with Gasteiger partial charge < -0.3 is 10.2 Å². The number of nitrogens with zero attached hydrogens (tertiary/aromatic N) is 5. The molecule has 2 aromatic rings. The van der Waals surface area contributed by atoms with E-state index in [1.165, 1.54) is 0 Å². The van der Waals surface area contributed by atoms with Gasteiger partial charge in [-0.2, -0.15) is 0 Å². The van der Waals surface area contributed by atoms with Crippen LogP contribution in [0.15, 0.2) is 12.4 Å². The van der Waals surface area contributed by atoms with Crippen LogP contribution in [-0.4, -0.2) is 45.3 Å². The summed E-state index contributed by atoms with van der Waals surface area (Å²) in [5.74, 6) is 1.83. The molecule has 6 nitrogen and oxygen atoms in total. The highest BCUT2D eigenvalue weighted by Crippen LogP contribution is 2.20. The maximum atomic E-state index is 4.47. The monoisotopic (exact) mass is 232 g/mol. The van der Waals surface area contributed by atoms with Crippen LogP contribution in [0.25, 0.3) is 5.65 Å². The van der Waals surface area contributed by atoms with Crippen molar-refractivity contribution in [1.29, 1.82) is 0 Å². The lowest BCUT2D eigenvalue weighted by Gasteiger charge is -2.34. The molecule has 3 rings (SSSR count). The standard InChI is InChI=1S/C11H16N6/c1-8-7-12-3-5-16(8)10-11-15-14-9(2)17(11)6-4-13-10/h4,6,8,12H,3,5,7H2,1-2H3. The lowest BCUT2D eigenvalue weighted by atomic mass is 10.2. The van der Waals surface area contributed by atoms with E-state index in [-0.39, 0.29) is 0 Å². The Labute approximate surface area is 99.7 Å². The summed E-state index contributed by atoms with van der Waals surface area (Å²) in [5.41, 5.74) is 0.846. The predicted octanol–water partition coefficient (Wildman–Crippen LogP) is 0.231. The largest absolute Gasteiger partial charge is 0.348 e. The second-order valence-electron chi connectivity index (χ2n) is 4.44. The third-order valence-electron chi connectivity index (χ3n) is 3.25. The van der Waals surface area contributed by atoms with Crippen molar-refractivity contribution in [2.45, 2.75) is 19.9 Å². The lowest BCUT2D eigenvalue weighted by molar-refractivity contribution is 0.497. The molecule has 0 aliphatic carbocycles. The van der Waals surface area contributed by atoms with Gasteiger partial charge in [0.1, 0.15) is 5.82 Å². The molecule has 0 saturated carbocycles. The van der Waals surface area contributed by atoms with Crippen LogP contribution in [0.5, 0.6) is 0 Å². The van der Waals surface area contributed by atoms with Gasteiger partial charge in [-0.25, -0.2) is 4.98 Å². The molecule has 0 bridgehead atoms. The normalized spacial score (nSPS) is 21.1. The summed E-state index contributed by atoms with van der Waals surface area (Å²) in [6.07, 6.45) is 3.72. The molecule has 0 spiro atoms. The molecule has 1 unspecified atom stereocenters. The Morgan fingerprint density at radius 1 is 1.41 bits per heavy atom. The first-order valence-corrected chi connectivity index (χ1v) is 5.91. The molecule has 17 heavy (non-hydrogen) atoms. The van der Waals surface area contributed by atoms with Crippen LogP contribution >= 0.6 is 0 Å². The summed E-state index contributed by atoms with van der Waals surface area (Å²) >= 11 is 0. The summed E-state index contributed by atoms with van der Waals surface area (Å²) < 4.78 is 1.98. The molecule has 90 valence electrons. The highest BCUT2D eigenvalue weighted by Gasteiger charge is 2.22. The molecule has 1 N–H and O–H groups in total. The van der Waals surface area contributed by atoms with E-state index in [4.69, 9.17) is 0 Å². The van der Waals surface area contributed by atoms with Crippen LogP contribution in [0.4, 0.5) is 5.82 Å². The fourth-order valence-corrected chi connectivity index (χ4v) is 2.29. The van der Waals surface area contributed by atoms with Gasteiger partial charge in [0.2, 0.25) is 5.65 Å². The quantitative estimate of drug-likeness (QED) is 0.763. The van der Waals surface area contributed by atoms with Crippen molar-refractivity contribution in [2.24, 2.45) is 0 Å². The Hall–Kier alpha value is -1.69. The van der Waals surface area contributed by atoms with E-state index >= 15 is 0 Å². The molecule has 0 radical (unpaired) electrons. The summed E-state index contributed by atoms with van der Waals surface area (Å²) in [5, 5.41) is 11.7. The van der Waals surface area contributed by atoms with Crippen LogP contribution in [0.2, 0.25) is 0 Å². The maximum absolute atomic E-state index is 4.47. The van der Waals surface area contributed by atoms with Crippen LogP contribution in [-0.2, 0) is 0 Å². The van der Waals surface area contributed by atoms with Gasteiger partial charge in [0.05, 0.1) is 0 Å². The van der Waals surface area contributed by atoms with Gasteiger partial charge >= 0.3 is 0 Å². The summed E-state index contributed by atoms with van der Waals surface area (Å²) in [6, 6.07) is 0.430. The maximum Gasteiger partial charge on any atom is 0.203 e. The Balaban J connectivity index is 2.10. The zero-order chi connectivity index (χ0) is 11.8. The number of hydrogen-bond acceptors (Lipinski definition) is 5. The van der Waals surface area contributed by atoms with Crippen molar-refractivity contribution >= 4 is 11.5 Å². The van der Waals surface area contributed by atoms with E-state index in [1.807, 2.05) is 23.7 Å². The van der Waals surface area contributed by atoms with Crippen molar-refractivity contribution < 1.29 is 0 Å². The van der Waals surface area contributed by atoms with Gasteiger partial charge in [0.15, 0.2) is 5.82 Å². The number of piperazine rings is 1. The number of aromatic nitrogens is 4.